The van der Waals surface area contributed by atoms with Gasteiger partial charge in [0.1, 0.15) is 6.04 Å². The molecule has 2 amide bonds. The number of hydrogen-bond acceptors (Lipinski definition) is 3. The zero-order valence-electron chi connectivity index (χ0n) is 11.1. The van der Waals surface area contributed by atoms with Gasteiger partial charge in [-0.2, -0.15) is 0 Å². The van der Waals surface area contributed by atoms with Crippen molar-refractivity contribution in [2.24, 2.45) is 0 Å². The molecular weight excluding hydrogens is 320 g/mol. The van der Waals surface area contributed by atoms with Crippen LogP contribution in [0.15, 0.2) is 28.7 Å². The molecule has 4 nitrogen and oxygen atoms in total. The molecule has 0 radical (unpaired) electrons. The molecule has 0 spiro atoms. The van der Waals surface area contributed by atoms with Crippen LogP contribution < -0.4 is 5.32 Å². The summed E-state index contributed by atoms with van der Waals surface area (Å²) in [4.78, 5) is 26.0. The third-order valence-corrected chi connectivity index (χ3v) is 4.59. The third kappa shape index (κ3) is 2.59. The molecule has 1 unspecified atom stereocenters. The van der Waals surface area contributed by atoms with E-state index >= 15 is 0 Å². The minimum Gasteiger partial charge on any atom is -0.373 e. The summed E-state index contributed by atoms with van der Waals surface area (Å²) in [5.74, 6) is -0.0960. The molecule has 1 atom stereocenters. The number of likely N-dealkylation sites (tertiary alicyclic amines) is 1. The van der Waals surface area contributed by atoms with E-state index in [1.165, 1.54) is 4.90 Å². The minimum absolute atomic E-state index is 0.0310. The Bertz CT molecular complexity index is 523. The first kappa shape index (κ1) is 13.6. The number of hydrogen-bond donors (Lipinski definition) is 1. The molecule has 3 rings (SSSR count). The summed E-state index contributed by atoms with van der Waals surface area (Å²) in [6.45, 7) is 0. The highest BCUT2D eigenvalue weighted by Gasteiger charge is 2.42. The molecule has 0 aromatic heterocycles. The predicted molar refractivity (Wildman–Crippen MR) is 80.3 cm³/mol. The van der Waals surface area contributed by atoms with Gasteiger partial charge in [0, 0.05) is 16.2 Å². The molecule has 20 heavy (non-hydrogen) atoms. The number of amides is 2. The second kappa shape index (κ2) is 5.56. The van der Waals surface area contributed by atoms with Crippen molar-refractivity contribution in [3.8, 4) is 0 Å². The Hall–Kier alpha value is -1.36. The van der Waals surface area contributed by atoms with E-state index < -0.39 is 6.04 Å². The van der Waals surface area contributed by atoms with Crippen molar-refractivity contribution in [1.29, 1.82) is 0 Å². The van der Waals surface area contributed by atoms with Gasteiger partial charge in [-0.1, -0.05) is 28.8 Å². The number of imide groups is 1. The van der Waals surface area contributed by atoms with Crippen molar-refractivity contribution < 1.29 is 9.59 Å². The molecule has 1 aromatic rings. The second-order valence-corrected chi connectivity index (χ2v) is 6.36. The normalized spacial score (nSPS) is 23.6. The van der Waals surface area contributed by atoms with Crippen molar-refractivity contribution in [2.75, 3.05) is 5.32 Å². The van der Waals surface area contributed by atoms with Crippen molar-refractivity contribution in [2.45, 2.75) is 44.2 Å². The quantitative estimate of drug-likeness (QED) is 0.863. The topological polar surface area (TPSA) is 49.4 Å². The first-order chi connectivity index (χ1) is 9.65. The van der Waals surface area contributed by atoms with Crippen LogP contribution in [0.1, 0.15) is 32.1 Å². The maximum atomic E-state index is 12.4. The molecule has 0 bridgehead atoms. The fraction of sp³-hybridized carbons (Fsp3) is 0.467. The first-order valence-electron chi connectivity index (χ1n) is 7.03. The van der Waals surface area contributed by atoms with Crippen LogP contribution >= 0.6 is 15.9 Å². The Morgan fingerprint density at radius 2 is 1.75 bits per heavy atom. The summed E-state index contributed by atoms with van der Waals surface area (Å²) >= 11 is 3.38. The molecule has 106 valence electrons. The van der Waals surface area contributed by atoms with E-state index in [1.54, 1.807) is 0 Å². The fourth-order valence-corrected chi connectivity index (χ4v) is 3.32. The molecular formula is C15H17BrN2O2. The molecule has 1 aromatic carbocycles. The van der Waals surface area contributed by atoms with Crippen LogP contribution in [0.3, 0.4) is 0 Å². The van der Waals surface area contributed by atoms with Gasteiger partial charge in [0.25, 0.3) is 5.91 Å². The highest BCUT2D eigenvalue weighted by Crippen LogP contribution is 2.29. The molecule has 5 heteroatoms. The lowest BCUT2D eigenvalue weighted by atomic mass is 10.2. The van der Waals surface area contributed by atoms with E-state index in [9.17, 15) is 9.59 Å². The average Bonchev–Trinajstić information content (AvgIpc) is 3.02. The van der Waals surface area contributed by atoms with Gasteiger partial charge in [0.15, 0.2) is 0 Å². The van der Waals surface area contributed by atoms with Gasteiger partial charge in [-0.05, 0) is 37.1 Å². The van der Waals surface area contributed by atoms with Gasteiger partial charge < -0.3 is 5.32 Å². The number of nitrogens with one attached hydrogen (secondary N) is 1. The van der Waals surface area contributed by atoms with Gasteiger partial charge in [-0.3, -0.25) is 14.5 Å². The van der Waals surface area contributed by atoms with Gasteiger partial charge in [0.05, 0.1) is 6.42 Å². The SMILES string of the molecule is O=C1CC(Nc2ccc(Br)cc2)C(=O)N1C1CCCC1. The zero-order chi connectivity index (χ0) is 14.1. The molecule has 1 N–H and O–H groups in total. The van der Waals surface area contributed by atoms with Crippen molar-refractivity contribution in [3.05, 3.63) is 28.7 Å². The lowest BCUT2D eigenvalue weighted by Crippen LogP contribution is -2.40. The van der Waals surface area contributed by atoms with Crippen molar-refractivity contribution in [1.82, 2.24) is 4.90 Å². The summed E-state index contributed by atoms with van der Waals surface area (Å²) in [7, 11) is 0. The van der Waals surface area contributed by atoms with E-state index in [0.29, 0.717) is 0 Å². The molecule has 2 fully saturated rings. The molecule has 1 aliphatic heterocycles. The number of halogens is 1. The number of carbonyl (C=O) groups is 2. The van der Waals surface area contributed by atoms with Crippen LogP contribution in [0.5, 0.6) is 0 Å². The Kier molecular flexibility index (Phi) is 3.78. The predicted octanol–water partition coefficient (Wildman–Crippen LogP) is 2.93. The number of rotatable bonds is 3. The molecule has 2 aliphatic rings. The van der Waals surface area contributed by atoms with Crippen LogP contribution in [-0.2, 0) is 9.59 Å². The van der Waals surface area contributed by atoms with E-state index in [-0.39, 0.29) is 24.3 Å². The van der Waals surface area contributed by atoms with Gasteiger partial charge in [-0.25, -0.2) is 0 Å². The minimum atomic E-state index is -0.413. The number of anilines is 1. The van der Waals surface area contributed by atoms with Crippen LogP contribution in [-0.4, -0.2) is 28.8 Å². The highest BCUT2D eigenvalue weighted by molar-refractivity contribution is 9.10. The first-order valence-corrected chi connectivity index (χ1v) is 7.82. The van der Waals surface area contributed by atoms with E-state index in [1.807, 2.05) is 24.3 Å². The highest BCUT2D eigenvalue weighted by atomic mass is 79.9. The van der Waals surface area contributed by atoms with E-state index in [0.717, 1.165) is 35.8 Å². The summed E-state index contributed by atoms with van der Waals surface area (Å²) in [6, 6.07) is 7.35. The Morgan fingerprint density at radius 1 is 1.10 bits per heavy atom. The standard InChI is InChI=1S/C15H17BrN2O2/c16-10-5-7-11(8-6-10)17-13-9-14(19)18(15(13)20)12-3-1-2-4-12/h5-8,12-13,17H,1-4,9H2. The van der Waals surface area contributed by atoms with Crippen LogP contribution in [0.2, 0.25) is 0 Å². The maximum Gasteiger partial charge on any atom is 0.252 e. The summed E-state index contributed by atoms with van der Waals surface area (Å²) in [5, 5.41) is 3.17. The number of benzene rings is 1. The average molecular weight is 337 g/mol. The van der Waals surface area contributed by atoms with Crippen molar-refractivity contribution in [3.63, 3.8) is 0 Å². The van der Waals surface area contributed by atoms with E-state index in [4.69, 9.17) is 0 Å². The van der Waals surface area contributed by atoms with Crippen LogP contribution in [0.25, 0.3) is 0 Å². The lowest BCUT2D eigenvalue weighted by Gasteiger charge is -2.22. The largest absolute Gasteiger partial charge is 0.373 e. The van der Waals surface area contributed by atoms with Crippen molar-refractivity contribution >= 4 is 33.4 Å². The number of carbonyl (C=O) groups excluding carboxylic acids is 2. The molecule has 1 saturated heterocycles. The van der Waals surface area contributed by atoms with Gasteiger partial charge in [-0.15, -0.1) is 0 Å². The van der Waals surface area contributed by atoms with Crippen LogP contribution in [0.4, 0.5) is 5.69 Å². The van der Waals surface area contributed by atoms with Gasteiger partial charge in [0.2, 0.25) is 5.91 Å². The maximum absolute atomic E-state index is 12.4. The molecule has 1 aliphatic carbocycles. The monoisotopic (exact) mass is 336 g/mol. The third-order valence-electron chi connectivity index (χ3n) is 4.06. The second-order valence-electron chi connectivity index (χ2n) is 5.45. The Labute approximate surface area is 126 Å². The summed E-state index contributed by atoms with van der Waals surface area (Å²) in [5.41, 5.74) is 0.868. The molecule has 1 heterocycles. The van der Waals surface area contributed by atoms with E-state index in [2.05, 4.69) is 21.2 Å². The van der Waals surface area contributed by atoms with Crippen LogP contribution in [0, 0.1) is 0 Å². The smallest absolute Gasteiger partial charge is 0.252 e. The fourth-order valence-electron chi connectivity index (χ4n) is 3.06. The van der Waals surface area contributed by atoms with Gasteiger partial charge >= 0.3 is 0 Å². The zero-order valence-corrected chi connectivity index (χ0v) is 12.7. The summed E-state index contributed by atoms with van der Waals surface area (Å²) in [6.07, 6.45) is 4.43. The summed E-state index contributed by atoms with van der Waals surface area (Å²) < 4.78 is 0.990. The Balaban J connectivity index is 1.70. The number of nitrogens with zero attached hydrogens (tertiary/aromatic N) is 1. The Morgan fingerprint density at radius 3 is 2.40 bits per heavy atom. The lowest BCUT2D eigenvalue weighted by molar-refractivity contribution is -0.141. The molecule has 1 saturated carbocycles.